The zero-order valence-corrected chi connectivity index (χ0v) is 21.6. The number of thioether (sulfide) groups is 1. The van der Waals surface area contributed by atoms with E-state index in [9.17, 15) is 9.59 Å². The van der Waals surface area contributed by atoms with E-state index in [4.69, 9.17) is 16.3 Å². The lowest BCUT2D eigenvalue weighted by molar-refractivity contribution is -0.123. The number of amides is 3. The van der Waals surface area contributed by atoms with Gasteiger partial charge in [-0.05, 0) is 73.7 Å². The molecule has 1 saturated heterocycles. The van der Waals surface area contributed by atoms with Crippen molar-refractivity contribution in [1.82, 2.24) is 9.88 Å². The summed E-state index contributed by atoms with van der Waals surface area (Å²) in [6.07, 6.45) is 3.62. The Hall–Kier alpha value is -3.23. The van der Waals surface area contributed by atoms with Crippen LogP contribution in [0.15, 0.2) is 65.7 Å². The van der Waals surface area contributed by atoms with Gasteiger partial charge in [0.1, 0.15) is 17.1 Å². The highest BCUT2D eigenvalue weighted by Gasteiger charge is 2.51. The van der Waals surface area contributed by atoms with Crippen molar-refractivity contribution >= 4 is 46.8 Å². The first-order valence-electron chi connectivity index (χ1n) is 11.1. The molecular weight excluding hydrogens is 484 g/mol. The highest BCUT2D eigenvalue weighted by atomic mass is 35.5. The number of benzene rings is 2. The van der Waals surface area contributed by atoms with Crippen molar-refractivity contribution in [2.75, 3.05) is 23.6 Å². The second kappa shape index (κ2) is 10.2. The number of ether oxygens (including phenoxy) is 1. The molecule has 3 aromatic rings. The van der Waals surface area contributed by atoms with E-state index in [1.54, 1.807) is 44.2 Å². The van der Waals surface area contributed by atoms with Gasteiger partial charge in [0.05, 0.1) is 17.8 Å². The zero-order chi connectivity index (χ0) is 25.2. The molecule has 0 bridgehead atoms. The maximum Gasteiger partial charge on any atom is 0.332 e. The molecule has 0 spiro atoms. The Morgan fingerprint density at radius 1 is 1.06 bits per heavy atom. The molecule has 0 radical (unpaired) electrons. The topological polar surface area (TPSA) is 74.8 Å². The number of anilines is 2. The standard InChI is InChI=1S/C26H27ClN4O3S/c1-26(2)24(32)31(19-7-10-22(35-4)21(27)14-19)25(33)30(26)16-18-11-12-28-23(13-18)29-15-17-5-8-20(34-3)9-6-17/h5-14H,15-16H2,1-4H3,(H,28,29). The predicted octanol–water partition coefficient (Wildman–Crippen LogP) is 5.83. The van der Waals surface area contributed by atoms with Gasteiger partial charge in [0, 0.05) is 24.2 Å². The van der Waals surface area contributed by atoms with Gasteiger partial charge in [0.25, 0.3) is 5.91 Å². The van der Waals surface area contributed by atoms with Gasteiger partial charge < -0.3 is 15.0 Å². The summed E-state index contributed by atoms with van der Waals surface area (Å²) in [5.41, 5.74) is 1.40. The average Bonchev–Trinajstić information content (AvgIpc) is 3.02. The van der Waals surface area contributed by atoms with Crippen LogP contribution in [0.25, 0.3) is 0 Å². The van der Waals surface area contributed by atoms with Crippen LogP contribution in [-0.4, -0.2) is 40.7 Å². The summed E-state index contributed by atoms with van der Waals surface area (Å²) in [7, 11) is 1.64. The Kier molecular flexibility index (Phi) is 7.23. The number of imide groups is 1. The van der Waals surface area contributed by atoms with Crippen LogP contribution in [0.2, 0.25) is 5.02 Å². The molecule has 1 aliphatic heterocycles. The molecule has 182 valence electrons. The quantitative estimate of drug-likeness (QED) is 0.304. The fraction of sp³-hybridized carbons (Fsp3) is 0.269. The molecule has 0 saturated carbocycles. The lowest BCUT2D eigenvalue weighted by atomic mass is 10.0. The monoisotopic (exact) mass is 510 g/mol. The Bertz CT molecular complexity index is 1250. The largest absolute Gasteiger partial charge is 0.497 e. The summed E-state index contributed by atoms with van der Waals surface area (Å²) < 4.78 is 5.20. The third kappa shape index (κ3) is 5.09. The summed E-state index contributed by atoms with van der Waals surface area (Å²) in [5, 5.41) is 3.81. The molecule has 1 fully saturated rings. The van der Waals surface area contributed by atoms with Crippen LogP contribution in [0, 0.1) is 0 Å². The molecular formula is C26H27ClN4O3S. The van der Waals surface area contributed by atoms with Gasteiger partial charge in [-0.3, -0.25) is 4.79 Å². The van der Waals surface area contributed by atoms with Gasteiger partial charge in [-0.25, -0.2) is 14.7 Å². The van der Waals surface area contributed by atoms with Gasteiger partial charge in [-0.2, -0.15) is 0 Å². The van der Waals surface area contributed by atoms with E-state index in [1.807, 2.05) is 48.7 Å². The van der Waals surface area contributed by atoms with Crippen molar-refractivity contribution in [2.45, 2.75) is 37.4 Å². The van der Waals surface area contributed by atoms with Crippen molar-refractivity contribution in [3.63, 3.8) is 0 Å². The summed E-state index contributed by atoms with van der Waals surface area (Å²) in [6.45, 7) is 4.38. The smallest absolute Gasteiger partial charge is 0.332 e. The maximum absolute atomic E-state index is 13.4. The summed E-state index contributed by atoms with van der Waals surface area (Å²) in [6, 6.07) is 16.4. The van der Waals surface area contributed by atoms with Crippen LogP contribution in [0.1, 0.15) is 25.0 Å². The number of carbonyl (C=O) groups is 2. The Balaban J connectivity index is 1.50. The molecule has 2 heterocycles. The first-order chi connectivity index (χ1) is 16.7. The minimum Gasteiger partial charge on any atom is -0.497 e. The average molecular weight is 511 g/mol. The van der Waals surface area contributed by atoms with E-state index in [2.05, 4.69) is 10.3 Å². The second-order valence-corrected chi connectivity index (χ2v) is 9.89. The first-order valence-corrected chi connectivity index (χ1v) is 12.7. The van der Waals surface area contributed by atoms with Crippen LogP contribution in [0.4, 0.5) is 16.3 Å². The normalized spacial score (nSPS) is 15.0. The number of rotatable bonds is 8. The molecule has 9 heteroatoms. The summed E-state index contributed by atoms with van der Waals surface area (Å²) >= 11 is 7.85. The van der Waals surface area contributed by atoms with Crippen molar-refractivity contribution in [3.8, 4) is 5.75 Å². The Labute approximate surface area is 214 Å². The minimum absolute atomic E-state index is 0.268. The highest BCUT2D eigenvalue weighted by Crippen LogP contribution is 2.36. The molecule has 1 N–H and O–H groups in total. The van der Waals surface area contributed by atoms with E-state index in [1.165, 1.54) is 16.7 Å². The number of aromatic nitrogens is 1. The van der Waals surface area contributed by atoms with Crippen molar-refractivity contribution in [3.05, 3.63) is 76.9 Å². The fourth-order valence-corrected chi connectivity index (χ4v) is 4.78. The SMILES string of the molecule is COc1ccc(CNc2cc(CN3C(=O)N(c4ccc(SC)c(Cl)c4)C(=O)C3(C)C)ccn2)cc1. The van der Waals surface area contributed by atoms with Crippen LogP contribution >= 0.6 is 23.4 Å². The number of nitrogens with one attached hydrogen (secondary N) is 1. The van der Waals surface area contributed by atoms with Crippen LogP contribution in [-0.2, 0) is 17.9 Å². The summed E-state index contributed by atoms with van der Waals surface area (Å²) in [5.74, 6) is 1.20. The number of urea groups is 1. The number of hydrogen-bond donors (Lipinski definition) is 1. The Morgan fingerprint density at radius 2 is 1.80 bits per heavy atom. The van der Waals surface area contributed by atoms with Gasteiger partial charge >= 0.3 is 6.03 Å². The molecule has 0 atom stereocenters. The van der Waals surface area contributed by atoms with E-state index < -0.39 is 5.54 Å². The molecule has 35 heavy (non-hydrogen) atoms. The number of hydrogen-bond acceptors (Lipinski definition) is 6. The lowest BCUT2D eigenvalue weighted by Crippen LogP contribution is -2.43. The molecule has 2 aromatic carbocycles. The predicted molar refractivity (Wildman–Crippen MR) is 140 cm³/mol. The third-order valence-electron chi connectivity index (χ3n) is 6.01. The van der Waals surface area contributed by atoms with Crippen molar-refractivity contribution < 1.29 is 14.3 Å². The molecule has 4 rings (SSSR count). The second-order valence-electron chi connectivity index (χ2n) is 8.64. The number of nitrogens with zero attached hydrogens (tertiary/aromatic N) is 3. The molecule has 7 nitrogen and oxygen atoms in total. The summed E-state index contributed by atoms with van der Waals surface area (Å²) in [4.78, 5) is 34.7. The van der Waals surface area contributed by atoms with Gasteiger partial charge in [-0.15, -0.1) is 11.8 Å². The number of methoxy groups -OCH3 is 1. The molecule has 1 aromatic heterocycles. The van der Waals surface area contributed by atoms with Crippen molar-refractivity contribution in [2.24, 2.45) is 0 Å². The van der Waals surface area contributed by atoms with Crippen molar-refractivity contribution in [1.29, 1.82) is 0 Å². The van der Waals surface area contributed by atoms with E-state index in [-0.39, 0.29) is 18.5 Å². The molecule has 0 unspecified atom stereocenters. The Morgan fingerprint density at radius 3 is 2.46 bits per heavy atom. The number of pyridine rings is 1. The minimum atomic E-state index is -1.01. The lowest BCUT2D eigenvalue weighted by Gasteiger charge is -2.27. The number of carbonyl (C=O) groups excluding carboxylic acids is 2. The fourth-order valence-electron chi connectivity index (χ4n) is 3.91. The zero-order valence-electron chi connectivity index (χ0n) is 20.0. The molecule has 0 aliphatic carbocycles. The van der Waals surface area contributed by atoms with E-state index >= 15 is 0 Å². The van der Waals surface area contributed by atoms with Crippen LogP contribution in [0.3, 0.4) is 0 Å². The highest BCUT2D eigenvalue weighted by molar-refractivity contribution is 7.98. The number of halogens is 1. The van der Waals surface area contributed by atoms with Crippen LogP contribution in [0.5, 0.6) is 5.75 Å². The maximum atomic E-state index is 13.4. The van der Waals surface area contributed by atoms with Gasteiger partial charge in [0.2, 0.25) is 0 Å². The third-order valence-corrected chi connectivity index (χ3v) is 7.24. The van der Waals surface area contributed by atoms with Crippen LogP contribution < -0.4 is 15.0 Å². The first kappa shape index (κ1) is 24.9. The molecule has 1 aliphatic rings. The van der Waals surface area contributed by atoms with Gasteiger partial charge in [0.15, 0.2) is 0 Å². The molecule has 3 amide bonds. The van der Waals surface area contributed by atoms with E-state index in [0.717, 1.165) is 21.8 Å². The van der Waals surface area contributed by atoms with E-state index in [0.29, 0.717) is 23.1 Å². The van der Waals surface area contributed by atoms with Gasteiger partial charge in [-0.1, -0.05) is 23.7 Å².